The first-order valence-electron chi connectivity index (χ1n) is 12.9. The van der Waals surface area contributed by atoms with Crippen LogP contribution >= 0.6 is 0 Å². The molecule has 0 aliphatic heterocycles. The number of rotatable bonds is 1. The van der Waals surface area contributed by atoms with Crippen molar-refractivity contribution in [2.45, 2.75) is 122 Å². The third-order valence-electron chi connectivity index (χ3n) is 9.44. The summed E-state index contributed by atoms with van der Waals surface area (Å²) >= 11 is 0. The highest BCUT2D eigenvalue weighted by Crippen LogP contribution is 2.57. The summed E-state index contributed by atoms with van der Waals surface area (Å²) in [5.74, 6) is 4.72. The molecule has 2 saturated carbocycles. The predicted octanol–water partition coefficient (Wildman–Crippen LogP) is 8.45. The molecule has 0 heterocycles. The zero-order chi connectivity index (χ0) is 23.4. The fourth-order valence-electron chi connectivity index (χ4n) is 7.55. The van der Waals surface area contributed by atoms with Crippen LogP contribution in [0.3, 0.4) is 0 Å². The second kappa shape index (κ2) is 8.39. The van der Waals surface area contributed by atoms with Gasteiger partial charge in [0.15, 0.2) is 0 Å². The second-order valence-corrected chi connectivity index (χ2v) is 15.7. The highest BCUT2D eigenvalue weighted by molar-refractivity contribution is 5.00. The van der Waals surface area contributed by atoms with Crippen LogP contribution in [0.2, 0.25) is 0 Å². The van der Waals surface area contributed by atoms with E-state index in [1.54, 1.807) is 0 Å². The lowest BCUT2D eigenvalue weighted by Gasteiger charge is -2.55. The molecule has 0 amide bonds. The molecule has 0 aromatic carbocycles. The molecule has 1 heteroatoms. The Morgan fingerprint density at radius 1 is 0.467 bits per heavy atom. The Labute approximate surface area is 190 Å². The molecule has 4 atom stereocenters. The largest absolute Gasteiger partial charge is 0.393 e. The SMILES string of the molecule is CC1C(C(C)(C)C)CC(C2CC(C(C)(C)C)C(O)C(C(C)(C)C)C2)CC1C(C)(C)C. The number of hydrogen-bond donors (Lipinski definition) is 1. The minimum absolute atomic E-state index is 0.163. The molecular weight excluding hydrogens is 364 g/mol. The Bertz CT molecular complexity index is 461. The molecule has 0 spiro atoms. The van der Waals surface area contributed by atoms with Crippen molar-refractivity contribution in [3.05, 3.63) is 0 Å². The van der Waals surface area contributed by atoms with E-state index in [0.29, 0.717) is 22.7 Å². The average Bonchev–Trinajstić information content (AvgIpc) is 2.50. The monoisotopic (exact) mass is 420 g/mol. The van der Waals surface area contributed by atoms with E-state index in [1.807, 2.05) is 0 Å². The maximum absolute atomic E-state index is 11.4. The first kappa shape index (κ1) is 26.2. The van der Waals surface area contributed by atoms with E-state index >= 15 is 0 Å². The zero-order valence-corrected chi connectivity index (χ0v) is 22.9. The molecule has 1 nitrogen and oxygen atoms in total. The van der Waals surface area contributed by atoms with Gasteiger partial charge in [-0.1, -0.05) is 90.0 Å². The van der Waals surface area contributed by atoms with Gasteiger partial charge in [-0.2, -0.15) is 0 Å². The third-order valence-corrected chi connectivity index (χ3v) is 9.44. The van der Waals surface area contributed by atoms with Gasteiger partial charge in [0.2, 0.25) is 0 Å². The summed E-state index contributed by atoms with van der Waals surface area (Å²) in [5, 5.41) is 11.4. The van der Waals surface area contributed by atoms with Crippen molar-refractivity contribution >= 4 is 0 Å². The fraction of sp³-hybridized carbons (Fsp3) is 1.00. The topological polar surface area (TPSA) is 20.2 Å². The van der Waals surface area contributed by atoms with Crippen LogP contribution in [0.15, 0.2) is 0 Å². The van der Waals surface area contributed by atoms with Crippen molar-refractivity contribution in [1.82, 2.24) is 0 Å². The predicted molar refractivity (Wildman–Crippen MR) is 132 cm³/mol. The first-order valence-corrected chi connectivity index (χ1v) is 12.9. The van der Waals surface area contributed by atoms with Crippen molar-refractivity contribution in [3.8, 4) is 0 Å². The summed E-state index contributed by atoms with van der Waals surface area (Å²) < 4.78 is 0. The molecule has 2 aliphatic rings. The third kappa shape index (κ3) is 5.65. The maximum atomic E-state index is 11.4. The molecule has 0 saturated heterocycles. The standard InChI is InChI=1S/C29H56O/c1-18-21(26(2,3)4)14-19(15-22(18)27(5,6)7)20-16-23(28(8,9)10)25(30)24(17-20)29(11,12)13/h18-25,30H,14-17H2,1-13H3. The number of aliphatic hydroxyl groups excluding tert-OH is 1. The summed E-state index contributed by atoms with van der Waals surface area (Å²) in [6, 6.07) is 0. The maximum Gasteiger partial charge on any atom is 0.0606 e. The molecule has 0 aromatic heterocycles. The summed E-state index contributed by atoms with van der Waals surface area (Å²) in [6.07, 6.45) is 5.02. The van der Waals surface area contributed by atoms with Gasteiger partial charge in [0.05, 0.1) is 6.10 Å². The van der Waals surface area contributed by atoms with Crippen molar-refractivity contribution in [3.63, 3.8) is 0 Å². The van der Waals surface area contributed by atoms with E-state index in [2.05, 4.69) is 90.0 Å². The average molecular weight is 421 g/mol. The number of aliphatic hydroxyl groups is 1. The van der Waals surface area contributed by atoms with Crippen LogP contribution in [0.25, 0.3) is 0 Å². The first-order chi connectivity index (χ1) is 13.2. The van der Waals surface area contributed by atoms with Gasteiger partial charge >= 0.3 is 0 Å². The molecule has 2 fully saturated rings. The summed E-state index contributed by atoms with van der Waals surface area (Å²) in [6.45, 7) is 31.5. The van der Waals surface area contributed by atoms with Gasteiger partial charge in [-0.05, 0) is 88.8 Å². The Morgan fingerprint density at radius 3 is 0.933 bits per heavy atom. The lowest BCUT2D eigenvalue weighted by Crippen LogP contribution is -2.51. The van der Waals surface area contributed by atoms with E-state index < -0.39 is 0 Å². The Morgan fingerprint density at radius 2 is 0.700 bits per heavy atom. The lowest BCUT2D eigenvalue weighted by atomic mass is 9.50. The van der Waals surface area contributed by atoms with Gasteiger partial charge in [-0.15, -0.1) is 0 Å². The summed E-state index contributed by atoms with van der Waals surface area (Å²) in [4.78, 5) is 0. The van der Waals surface area contributed by atoms with E-state index in [4.69, 9.17) is 0 Å². The summed E-state index contributed by atoms with van der Waals surface area (Å²) in [5.41, 5.74) is 1.05. The quantitative estimate of drug-likeness (QED) is 0.451. The van der Waals surface area contributed by atoms with Crippen LogP contribution in [0.4, 0.5) is 0 Å². The van der Waals surface area contributed by atoms with Gasteiger partial charge in [-0.25, -0.2) is 0 Å². The van der Waals surface area contributed by atoms with Crippen LogP contribution in [0.1, 0.15) is 116 Å². The minimum Gasteiger partial charge on any atom is -0.393 e. The molecule has 2 rings (SSSR count). The van der Waals surface area contributed by atoms with Crippen LogP contribution in [-0.4, -0.2) is 11.2 Å². The Hall–Kier alpha value is -0.0400. The molecular formula is C29H56O. The van der Waals surface area contributed by atoms with Gasteiger partial charge in [0, 0.05) is 0 Å². The molecule has 30 heavy (non-hydrogen) atoms. The van der Waals surface area contributed by atoms with Crippen molar-refractivity contribution in [1.29, 1.82) is 0 Å². The molecule has 0 aromatic rings. The molecule has 178 valence electrons. The van der Waals surface area contributed by atoms with E-state index in [-0.39, 0.29) is 16.9 Å². The normalized spacial score (nSPS) is 39.8. The molecule has 0 radical (unpaired) electrons. The van der Waals surface area contributed by atoms with Crippen molar-refractivity contribution < 1.29 is 5.11 Å². The minimum atomic E-state index is -0.166. The molecule has 0 bridgehead atoms. The van der Waals surface area contributed by atoms with Gasteiger partial charge in [-0.3, -0.25) is 0 Å². The van der Waals surface area contributed by atoms with Crippen molar-refractivity contribution in [2.75, 3.05) is 0 Å². The fourth-order valence-corrected chi connectivity index (χ4v) is 7.55. The van der Waals surface area contributed by atoms with Crippen LogP contribution in [0.5, 0.6) is 0 Å². The highest BCUT2D eigenvalue weighted by Gasteiger charge is 2.51. The number of hydrogen-bond acceptors (Lipinski definition) is 1. The Kier molecular flexibility index (Phi) is 7.33. The second-order valence-electron chi connectivity index (χ2n) is 15.7. The lowest BCUT2D eigenvalue weighted by molar-refractivity contribution is -0.107. The van der Waals surface area contributed by atoms with Crippen molar-refractivity contribution in [2.24, 2.45) is 63.1 Å². The van der Waals surface area contributed by atoms with Gasteiger partial charge in [0.25, 0.3) is 0 Å². The van der Waals surface area contributed by atoms with Crippen LogP contribution < -0.4 is 0 Å². The van der Waals surface area contributed by atoms with E-state index in [1.165, 1.54) is 25.7 Å². The van der Waals surface area contributed by atoms with E-state index in [0.717, 1.165) is 29.6 Å². The Balaban J connectivity index is 2.41. The smallest absolute Gasteiger partial charge is 0.0606 e. The van der Waals surface area contributed by atoms with Crippen LogP contribution in [0, 0.1) is 63.1 Å². The van der Waals surface area contributed by atoms with E-state index in [9.17, 15) is 5.11 Å². The van der Waals surface area contributed by atoms with Crippen LogP contribution in [-0.2, 0) is 0 Å². The molecule has 4 unspecified atom stereocenters. The molecule has 2 aliphatic carbocycles. The molecule has 1 N–H and O–H groups in total. The van der Waals surface area contributed by atoms with Gasteiger partial charge < -0.3 is 5.11 Å². The zero-order valence-electron chi connectivity index (χ0n) is 22.9. The highest BCUT2D eigenvalue weighted by atomic mass is 16.3. The summed E-state index contributed by atoms with van der Waals surface area (Å²) in [7, 11) is 0. The van der Waals surface area contributed by atoms with Gasteiger partial charge in [0.1, 0.15) is 0 Å².